The number of halogens is 1. The largest absolute Gasteiger partial charge is 0.361 e. The van der Waals surface area contributed by atoms with E-state index in [1.54, 1.807) is 0 Å². The number of rotatable bonds is 5. The van der Waals surface area contributed by atoms with Crippen LogP contribution in [0.1, 0.15) is 11.1 Å². The maximum atomic E-state index is 6.11. The van der Waals surface area contributed by atoms with E-state index in [0.717, 1.165) is 30.0 Å². The molecular weight excluding hydrogens is 316 g/mol. The van der Waals surface area contributed by atoms with Gasteiger partial charge in [-0.1, -0.05) is 54.1 Å². The monoisotopic (exact) mass is 334 g/mol. The molecule has 0 fully saturated rings. The number of hydrogen-bond donors (Lipinski definition) is 2. The number of aromatic amines is 1. The quantitative estimate of drug-likeness (QED) is 0.476. The Bertz CT molecular complexity index is 982. The molecule has 0 aliphatic heterocycles. The third-order valence-corrected chi connectivity index (χ3v) is 4.73. The molecule has 0 radical (unpaired) electrons. The second kappa shape index (κ2) is 6.68. The normalized spacial score (nSPS) is 11.4. The van der Waals surface area contributed by atoms with Crippen molar-refractivity contribution in [3.05, 3.63) is 83.0 Å². The molecule has 2 N–H and O–H groups in total. The van der Waals surface area contributed by atoms with Gasteiger partial charge in [0.2, 0.25) is 0 Å². The van der Waals surface area contributed by atoms with Crippen LogP contribution in [0.4, 0.5) is 0 Å². The van der Waals surface area contributed by atoms with Crippen molar-refractivity contribution in [2.24, 2.45) is 0 Å². The summed E-state index contributed by atoms with van der Waals surface area (Å²) in [5.74, 6) is 0. The number of aromatic nitrogens is 1. The van der Waals surface area contributed by atoms with Gasteiger partial charge in [0, 0.05) is 28.7 Å². The smallest absolute Gasteiger partial charge is 0.0457 e. The lowest BCUT2D eigenvalue weighted by Crippen LogP contribution is -2.16. The minimum absolute atomic E-state index is 0.784. The lowest BCUT2D eigenvalue weighted by molar-refractivity contribution is 0.691. The van der Waals surface area contributed by atoms with Crippen LogP contribution < -0.4 is 5.32 Å². The van der Waals surface area contributed by atoms with Gasteiger partial charge in [-0.3, -0.25) is 0 Å². The summed E-state index contributed by atoms with van der Waals surface area (Å²) in [7, 11) is 0. The van der Waals surface area contributed by atoms with Crippen molar-refractivity contribution in [2.75, 3.05) is 6.54 Å². The standard InChI is InChI=1S/C21H19ClN2/c22-18-8-9-21-20(12-18)17(14-24-21)10-11-23-13-16-6-3-5-15-4-1-2-7-19(15)16/h1-9,12,14,23-24H,10-11,13H2. The molecule has 120 valence electrons. The summed E-state index contributed by atoms with van der Waals surface area (Å²) in [5, 5.41) is 8.19. The van der Waals surface area contributed by atoms with E-state index in [1.807, 2.05) is 18.2 Å². The lowest BCUT2D eigenvalue weighted by atomic mass is 10.0. The molecule has 0 unspecified atom stereocenters. The van der Waals surface area contributed by atoms with Gasteiger partial charge < -0.3 is 10.3 Å². The van der Waals surface area contributed by atoms with Crippen molar-refractivity contribution in [2.45, 2.75) is 13.0 Å². The van der Waals surface area contributed by atoms with Gasteiger partial charge in [0.05, 0.1) is 0 Å². The van der Waals surface area contributed by atoms with Crippen molar-refractivity contribution in [3.8, 4) is 0 Å². The molecule has 1 aromatic heterocycles. The number of benzene rings is 3. The van der Waals surface area contributed by atoms with Crippen molar-refractivity contribution in [3.63, 3.8) is 0 Å². The predicted molar refractivity (Wildman–Crippen MR) is 103 cm³/mol. The second-order valence-corrected chi connectivity index (χ2v) is 6.51. The van der Waals surface area contributed by atoms with E-state index in [0.29, 0.717) is 0 Å². The van der Waals surface area contributed by atoms with Crippen molar-refractivity contribution in [1.29, 1.82) is 0 Å². The average molecular weight is 335 g/mol. The molecule has 2 nitrogen and oxygen atoms in total. The summed E-state index contributed by atoms with van der Waals surface area (Å²) >= 11 is 6.11. The zero-order valence-electron chi connectivity index (χ0n) is 13.4. The first kappa shape index (κ1) is 15.3. The lowest BCUT2D eigenvalue weighted by Gasteiger charge is -2.08. The van der Waals surface area contributed by atoms with E-state index in [9.17, 15) is 0 Å². The molecule has 24 heavy (non-hydrogen) atoms. The minimum Gasteiger partial charge on any atom is -0.361 e. The molecule has 0 saturated carbocycles. The zero-order valence-corrected chi connectivity index (χ0v) is 14.1. The summed E-state index contributed by atoms with van der Waals surface area (Å²) in [6, 6.07) is 21.0. The van der Waals surface area contributed by atoms with Crippen LogP contribution in [-0.4, -0.2) is 11.5 Å². The van der Waals surface area contributed by atoms with Crippen LogP contribution >= 0.6 is 11.6 Å². The Labute approximate surface area is 146 Å². The minimum atomic E-state index is 0.784. The summed E-state index contributed by atoms with van der Waals surface area (Å²) in [4.78, 5) is 3.31. The first-order valence-electron chi connectivity index (χ1n) is 8.24. The highest BCUT2D eigenvalue weighted by atomic mass is 35.5. The summed E-state index contributed by atoms with van der Waals surface area (Å²) in [6.45, 7) is 1.81. The van der Waals surface area contributed by atoms with Gasteiger partial charge >= 0.3 is 0 Å². The molecule has 0 aliphatic rings. The number of hydrogen-bond acceptors (Lipinski definition) is 1. The van der Waals surface area contributed by atoms with E-state index in [-0.39, 0.29) is 0 Å². The summed E-state index contributed by atoms with van der Waals surface area (Å²) in [5.41, 5.74) is 3.79. The fourth-order valence-corrected chi connectivity index (χ4v) is 3.42. The van der Waals surface area contributed by atoms with Gasteiger partial charge in [-0.05, 0) is 53.1 Å². The van der Waals surface area contributed by atoms with Gasteiger partial charge in [-0.2, -0.15) is 0 Å². The molecule has 0 aliphatic carbocycles. The molecule has 4 aromatic rings. The molecule has 3 heteroatoms. The van der Waals surface area contributed by atoms with Crippen LogP contribution in [0.3, 0.4) is 0 Å². The second-order valence-electron chi connectivity index (χ2n) is 6.07. The molecular formula is C21H19ClN2. The molecule has 0 amide bonds. The van der Waals surface area contributed by atoms with Crippen molar-refractivity contribution < 1.29 is 0 Å². The predicted octanol–water partition coefficient (Wildman–Crippen LogP) is 5.31. The van der Waals surface area contributed by atoms with Gasteiger partial charge in [0.1, 0.15) is 0 Å². The fourth-order valence-electron chi connectivity index (χ4n) is 3.25. The van der Waals surface area contributed by atoms with E-state index in [1.165, 1.54) is 27.3 Å². The number of H-pyrrole nitrogens is 1. The first-order chi connectivity index (χ1) is 11.8. The third-order valence-electron chi connectivity index (χ3n) is 4.50. The summed E-state index contributed by atoms with van der Waals surface area (Å²) < 4.78 is 0. The highest BCUT2D eigenvalue weighted by molar-refractivity contribution is 6.31. The van der Waals surface area contributed by atoms with Gasteiger partial charge in [-0.15, -0.1) is 0 Å². The van der Waals surface area contributed by atoms with Gasteiger partial charge in [0.25, 0.3) is 0 Å². The maximum absolute atomic E-state index is 6.11. The van der Waals surface area contributed by atoms with Crippen molar-refractivity contribution in [1.82, 2.24) is 10.3 Å². The van der Waals surface area contributed by atoms with E-state index in [4.69, 9.17) is 11.6 Å². The topological polar surface area (TPSA) is 27.8 Å². The molecule has 4 rings (SSSR count). The Hall–Kier alpha value is -2.29. The van der Waals surface area contributed by atoms with Crippen LogP contribution in [0.15, 0.2) is 66.9 Å². The molecule has 0 spiro atoms. The van der Waals surface area contributed by atoms with E-state index >= 15 is 0 Å². The van der Waals surface area contributed by atoms with Crippen LogP contribution in [0.25, 0.3) is 21.7 Å². The van der Waals surface area contributed by atoms with Gasteiger partial charge in [0.15, 0.2) is 0 Å². The Morgan fingerprint density at radius 2 is 1.75 bits per heavy atom. The Balaban J connectivity index is 1.43. The van der Waals surface area contributed by atoms with Crippen LogP contribution in [0, 0.1) is 0 Å². The van der Waals surface area contributed by atoms with Crippen LogP contribution in [0.2, 0.25) is 5.02 Å². The molecule has 1 heterocycles. The Kier molecular flexibility index (Phi) is 4.24. The van der Waals surface area contributed by atoms with E-state index in [2.05, 4.69) is 59.0 Å². The molecule has 0 saturated heterocycles. The average Bonchev–Trinajstić information content (AvgIpc) is 3.01. The number of fused-ring (bicyclic) bond motifs is 2. The highest BCUT2D eigenvalue weighted by Crippen LogP contribution is 2.23. The molecule has 0 bridgehead atoms. The van der Waals surface area contributed by atoms with Gasteiger partial charge in [-0.25, -0.2) is 0 Å². The Morgan fingerprint density at radius 3 is 2.71 bits per heavy atom. The van der Waals surface area contributed by atoms with Crippen LogP contribution in [-0.2, 0) is 13.0 Å². The summed E-state index contributed by atoms with van der Waals surface area (Å²) in [6.07, 6.45) is 3.06. The first-order valence-corrected chi connectivity index (χ1v) is 8.62. The van der Waals surface area contributed by atoms with Crippen molar-refractivity contribution >= 4 is 33.3 Å². The molecule has 0 atom stereocenters. The number of nitrogens with one attached hydrogen (secondary N) is 2. The fraction of sp³-hybridized carbons (Fsp3) is 0.143. The Morgan fingerprint density at radius 1 is 0.875 bits per heavy atom. The molecule has 3 aromatic carbocycles. The SMILES string of the molecule is Clc1ccc2[nH]cc(CCNCc3cccc4ccccc34)c2c1. The third kappa shape index (κ3) is 3.03. The highest BCUT2D eigenvalue weighted by Gasteiger charge is 2.05. The van der Waals surface area contributed by atoms with Crippen LogP contribution in [0.5, 0.6) is 0 Å². The zero-order chi connectivity index (χ0) is 16.4. The van der Waals surface area contributed by atoms with E-state index < -0.39 is 0 Å². The maximum Gasteiger partial charge on any atom is 0.0457 e.